The molecule has 0 aliphatic heterocycles. The Morgan fingerprint density at radius 3 is 2.80 bits per heavy atom. The number of carbonyl (C=O) groups excluding carboxylic acids is 1. The van der Waals surface area contributed by atoms with Gasteiger partial charge in [0.05, 0.1) is 16.1 Å². The van der Waals surface area contributed by atoms with Crippen LogP contribution >= 0.6 is 11.6 Å². The summed E-state index contributed by atoms with van der Waals surface area (Å²) in [6.07, 6.45) is 0. The third-order valence-corrected chi connectivity index (χ3v) is 3.27. The van der Waals surface area contributed by atoms with E-state index in [4.69, 9.17) is 21.8 Å². The Labute approximate surface area is 118 Å². The van der Waals surface area contributed by atoms with Gasteiger partial charge in [0.2, 0.25) is 0 Å². The minimum atomic E-state index is -0.568. The van der Waals surface area contributed by atoms with Crippen LogP contribution in [0.3, 0.4) is 0 Å². The summed E-state index contributed by atoms with van der Waals surface area (Å²) in [6, 6.07) is 9.54. The number of anilines is 1. The molecule has 100 valence electrons. The summed E-state index contributed by atoms with van der Waals surface area (Å²) in [5.41, 5.74) is 7.52. The van der Waals surface area contributed by atoms with Gasteiger partial charge >= 0.3 is 5.76 Å². The molecule has 20 heavy (non-hydrogen) atoms. The Balaban J connectivity index is 2.15. The lowest BCUT2D eigenvalue weighted by Gasteiger charge is -2.06. The number of halogens is 1. The molecule has 1 heterocycles. The Kier molecular flexibility index (Phi) is 2.84. The Bertz CT molecular complexity index is 859. The highest BCUT2D eigenvalue weighted by Crippen LogP contribution is 2.26. The van der Waals surface area contributed by atoms with Gasteiger partial charge < -0.3 is 10.2 Å². The van der Waals surface area contributed by atoms with E-state index in [9.17, 15) is 9.59 Å². The van der Waals surface area contributed by atoms with Crippen LogP contribution in [0.1, 0.15) is 15.9 Å². The first-order valence-electron chi connectivity index (χ1n) is 5.78. The molecule has 3 aromatic rings. The van der Waals surface area contributed by atoms with Crippen molar-refractivity contribution in [1.82, 2.24) is 4.98 Å². The molecule has 0 bridgehead atoms. The number of ketones is 1. The average Bonchev–Trinajstić information content (AvgIpc) is 2.77. The number of hydrogen-bond donors (Lipinski definition) is 2. The standard InChI is InChI=1S/C14H9ClN2O3/c15-8-2-1-3-9(16)12(8)13(18)7-4-5-10-11(6-7)20-14(19)17-10/h1-6H,16H2,(H,17,19). The van der Waals surface area contributed by atoms with Crippen LogP contribution in [0.4, 0.5) is 5.69 Å². The Hall–Kier alpha value is -2.53. The SMILES string of the molecule is Nc1cccc(Cl)c1C(=O)c1ccc2[nH]c(=O)oc2c1. The maximum absolute atomic E-state index is 12.4. The van der Waals surface area contributed by atoms with E-state index in [0.29, 0.717) is 22.4 Å². The van der Waals surface area contributed by atoms with Crippen molar-refractivity contribution < 1.29 is 9.21 Å². The lowest BCUT2D eigenvalue weighted by molar-refractivity contribution is 0.103. The summed E-state index contributed by atoms with van der Waals surface area (Å²) in [5.74, 6) is -0.888. The van der Waals surface area contributed by atoms with Gasteiger partial charge in [-0.3, -0.25) is 9.78 Å². The molecule has 0 amide bonds. The van der Waals surface area contributed by atoms with Gasteiger partial charge in [-0.2, -0.15) is 0 Å². The van der Waals surface area contributed by atoms with Gasteiger partial charge in [0, 0.05) is 11.3 Å². The van der Waals surface area contributed by atoms with Crippen molar-refractivity contribution in [3.05, 3.63) is 63.1 Å². The number of fused-ring (bicyclic) bond motifs is 1. The lowest BCUT2D eigenvalue weighted by Crippen LogP contribution is -2.06. The van der Waals surface area contributed by atoms with E-state index in [1.165, 1.54) is 6.07 Å². The van der Waals surface area contributed by atoms with Gasteiger partial charge in [-0.25, -0.2) is 4.79 Å². The predicted octanol–water partition coefficient (Wildman–Crippen LogP) is 2.59. The largest absolute Gasteiger partial charge is 0.417 e. The summed E-state index contributed by atoms with van der Waals surface area (Å²) in [5, 5.41) is 0.283. The van der Waals surface area contributed by atoms with Crippen molar-refractivity contribution in [1.29, 1.82) is 0 Å². The highest BCUT2D eigenvalue weighted by Gasteiger charge is 2.17. The minimum Gasteiger partial charge on any atom is -0.408 e. The molecule has 0 unspecified atom stereocenters. The highest BCUT2D eigenvalue weighted by atomic mass is 35.5. The molecular formula is C14H9ClN2O3. The fourth-order valence-corrected chi connectivity index (χ4v) is 2.28. The number of rotatable bonds is 2. The molecule has 3 N–H and O–H groups in total. The smallest absolute Gasteiger partial charge is 0.408 e. The molecule has 0 fully saturated rings. The average molecular weight is 289 g/mol. The van der Waals surface area contributed by atoms with Crippen molar-refractivity contribution in [2.24, 2.45) is 0 Å². The molecule has 3 rings (SSSR count). The van der Waals surface area contributed by atoms with Crippen molar-refractivity contribution in [2.75, 3.05) is 5.73 Å². The number of hydrogen-bond acceptors (Lipinski definition) is 4. The number of oxazole rings is 1. The first-order valence-corrected chi connectivity index (χ1v) is 6.15. The first kappa shape index (κ1) is 12.5. The van der Waals surface area contributed by atoms with Crippen molar-refractivity contribution in [3.8, 4) is 0 Å². The number of nitrogens with one attached hydrogen (secondary N) is 1. The third kappa shape index (κ3) is 1.98. The summed E-state index contributed by atoms with van der Waals surface area (Å²) < 4.78 is 4.93. The van der Waals surface area contributed by atoms with Crippen LogP contribution in [0.15, 0.2) is 45.6 Å². The molecule has 0 radical (unpaired) electrons. The number of carbonyl (C=O) groups is 1. The normalized spacial score (nSPS) is 10.8. The van der Waals surface area contributed by atoms with Crippen LogP contribution in [-0.2, 0) is 0 Å². The molecule has 5 nitrogen and oxygen atoms in total. The lowest BCUT2D eigenvalue weighted by atomic mass is 10.0. The topological polar surface area (TPSA) is 89.1 Å². The summed E-state index contributed by atoms with van der Waals surface area (Å²) in [6.45, 7) is 0. The zero-order valence-corrected chi connectivity index (χ0v) is 10.9. The molecule has 6 heteroatoms. The predicted molar refractivity (Wildman–Crippen MR) is 76.1 cm³/mol. The van der Waals surface area contributed by atoms with Gasteiger partial charge in [-0.1, -0.05) is 17.7 Å². The molecule has 0 saturated carbocycles. The molecule has 0 aliphatic rings. The zero-order chi connectivity index (χ0) is 14.3. The molecular weight excluding hydrogens is 280 g/mol. The number of nitrogen functional groups attached to an aromatic ring is 1. The summed E-state index contributed by atoms with van der Waals surface area (Å²) in [4.78, 5) is 26.0. The molecule has 1 aromatic heterocycles. The first-order chi connectivity index (χ1) is 9.56. The Morgan fingerprint density at radius 2 is 2.05 bits per heavy atom. The maximum atomic E-state index is 12.4. The highest BCUT2D eigenvalue weighted by molar-refractivity contribution is 6.36. The van der Waals surface area contributed by atoms with E-state index >= 15 is 0 Å². The number of benzene rings is 2. The van der Waals surface area contributed by atoms with E-state index < -0.39 is 5.76 Å². The van der Waals surface area contributed by atoms with Gasteiger partial charge in [0.25, 0.3) is 0 Å². The van der Waals surface area contributed by atoms with Gasteiger partial charge in [0.15, 0.2) is 11.4 Å². The van der Waals surface area contributed by atoms with Crippen molar-refractivity contribution >= 4 is 34.2 Å². The Morgan fingerprint density at radius 1 is 1.25 bits per heavy atom. The zero-order valence-electron chi connectivity index (χ0n) is 10.1. The minimum absolute atomic E-state index is 0.242. The molecule has 0 atom stereocenters. The van der Waals surface area contributed by atoms with Crippen LogP contribution in [0, 0.1) is 0 Å². The van der Waals surface area contributed by atoms with Crippen molar-refractivity contribution in [2.45, 2.75) is 0 Å². The third-order valence-electron chi connectivity index (χ3n) is 2.96. The van der Waals surface area contributed by atoms with E-state index in [1.54, 1.807) is 30.3 Å². The van der Waals surface area contributed by atoms with Gasteiger partial charge in [0.1, 0.15) is 0 Å². The van der Waals surface area contributed by atoms with Crippen LogP contribution in [0.5, 0.6) is 0 Å². The van der Waals surface area contributed by atoms with E-state index in [1.807, 2.05) is 0 Å². The number of aromatic nitrogens is 1. The van der Waals surface area contributed by atoms with Crippen LogP contribution in [0.25, 0.3) is 11.1 Å². The number of nitrogens with two attached hydrogens (primary N) is 1. The van der Waals surface area contributed by atoms with Gasteiger partial charge in [-0.15, -0.1) is 0 Å². The van der Waals surface area contributed by atoms with E-state index in [0.717, 1.165) is 0 Å². The fourth-order valence-electron chi connectivity index (χ4n) is 2.01. The van der Waals surface area contributed by atoms with Crippen molar-refractivity contribution in [3.63, 3.8) is 0 Å². The number of H-pyrrole nitrogens is 1. The van der Waals surface area contributed by atoms with Crippen LogP contribution in [-0.4, -0.2) is 10.8 Å². The quantitative estimate of drug-likeness (QED) is 0.560. The molecule has 0 spiro atoms. The monoisotopic (exact) mass is 288 g/mol. The second-order valence-corrected chi connectivity index (χ2v) is 4.67. The molecule has 2 aromatic carbocycles. The van der Waals surface area contributed by atoms with Crippen LogP contribution in [0.2, 0.25) is 5.02 Å². The number of aromatic amines is 1. The summed E-state index contributed by atoms with van der Waals surface area (Å²) >= 11 is 6.02. The van der Waals surface area contributed by atoms with Crippen LogP contribution < -0.4 is 11.5 Å². The summed E-state index contributed by atoms with van der Waals surface area (Å²) in [7, 11) is 0. The fraction of sp³-hybridized carbons (Fsp3) is 0. The second kappa shape index (κ2) is 4.54. The molecule has 0 aliphatic carbocycles. The van der Waals surface area contributed by atoms with E-state index in [-0.39, 0.29) is 16.4 Å². The van der Waals surface area contributed by atoms with Gasteiger partial charge in [-0.05, 0) is 30.3 Å². The van der Waals surface area contributed by atoms with E-state index in [2.05, 4.69) is 4.98 Å². The second-order valence-electron chi connectivity index (χ2n) is 4.26. The molecule has 0 saturated heterocycles. The maximum Gasteiger partial charge on any atom is 0.417 e.